The normalized spacial score (nSPS) is 12.7. The maximum atomic E-state index is 12.6. The van der Waals surface area contributed by atoms with E-state index in [1.54, 1.807) is 38.3 Å². The van der Waals surface area contributed by atoms with Crippen molar-refractivity contribution in [2.45, 2.75) is 31.7 Å². The summed E-state index contributed by atoms with van der Waals surface area (Å²) in [5.41, 5.74) is 1.57. The first kappa shape index (κ1) is 18.3. The van der Waals surface area contributed by atoms with Crippen molar-refractivity contribution >= 4 is 10.0 Å². The molecule has 0 saturated heterocycles. The Morgan fingerprint density at radius 1 is 1.12 bits per heavy atom. The average Bonchev–Trinajstić information content (AvgIpc) is 2.56. The summed E-state index contributed by atoms with van der Waals surface area (Å²) in [6.45, 7) is 6.04. The van der Waals surface area contributed by atoms with Crippen LogP contribution in [0.2, 0.25) is 0 Å². The lowest BCUT2D eigenvalue weighted by Gasteiger charge is -2.18. The molecule has 2 rings (SSSR count). The van der Waals surface area contributed by atoms with Crippen molar-refractivity contribution < 1.29 is 17.9 Å². The highest BCUT2D eigenvalue weighted by molar-refractivity contribution is 7.89. The molecule has 0 heterocycles. The number of rotatable bonds is 7. The molecule has 0 bridgehead atoms. The quantitative estimate of drug-likeness (QED) is 0.832. The summed E-state index contributed by atoms with van der Waals surface area (Å²) in [6.07, 6.45) is 0. The molecule has 1 N–H and O–H groups in total. The van der Waals surface area contributed by atoms with Gasteiger partial charge in [0, 0.05) is 11.6 Å². The fourth-order valence-corrected chi connectivity index (χ4v) is 3.80. The molecule has 24 heavy (non-hydrogen) atoms. The standard InChI is InChI=1S/C18H23NO4S/c1-5-23-17-11-10-15(12-13(17)2)24(20,21)19-14(3)16-8-6-7-9-18(16)22-4/h6-12,14,19H,5H2,1-4H3/t14-/m1/s1. The van der Waals surface area contributed by atoms with E-state index >= 15 is 0 Å². The molecule has 0 saturated carbocycles. The maximum absolute atomic E-state index is 12.6. The number of ether oxygens (including phenoxy) is 2. The van der Waals surface area contributed by atoms with Crippen molar-refractivity contribution in [3.63, 3.8) is 0 Å². The molecule has 130 valence electrons. The topological polar surface area (TPSA) is 64.6 Å². The van der Waals surface area contributed by atoms with Crippen molar-refractivity contribution in [3.8, 4) is 11.5 Å². The second-order valence-corrected chi connectivity index (χ2v) is 7.16. The van der Waals surface area contributed by atoms with Gasteiger partial charge in [0.05, 0.1) is 18.6 Å². The maximum Gasteiger partial charge on any atom is 0.241 e. The molecule has 0 unspecified atom stereocenters. The zero-order chi connectivity index (χ0) is 17.7. The van der Waals surface area contributed by atoms with Crippen molar-refractivity contribution in [1.29, 1.82) is 0 Å². The van der Waals surface area contributed by atoms with Crippen LogP contribution in [0.4, 0.5) is 0 Å². The molecule has 0 aliphatic heterocycles. The first-order valence-corrected chi connectivity index (χ1v) is 9.26. The number of benzene rings is 2. The van der Waals surface area contributed by atoms with Gasteiger partial charge in [0.1, 0.15) is 11.5 Å². The number of nitrogens with one attached hydrogen (secondary N) is 1. The number of hydrogen-bond donors (Lipinski definition) is 1. The first-order valence-electron chi connectivity index (χ1n) is 7.77. The van der Waals surface area contributed by atoms with E-state index in [4.69, 9.17) is 9.47 Å². The van der Waals surface area contributed by atoms with Crippen LogP contribution in [-0.2, 0) is 10.0 Å². The van der Waals surface area contributed by atoms with Crippen LogP contribution in [-0.4, -0.2) is 22.1 Å². The molecule has 0 aromatic heterocycles. The van der Waals surface area contributed by atoms with Crippen molar-refractivity contribution in [2.75, 3.05) is 13.7 Å². The number of hydrogen-bond acceptors (Lipinski definition) is 4. The van der Waals surface area contributed by atoms with Crippen LogP contribution < -0.4 is 14.2 Å². The smallest absolute Gasteiger partial charge is 0.241 e. The Balaban J connectivity index is 2.26. The minimum Gasteiger partial charge on any atom is -0.496 e. The zero-order valence-corrected chi connectivity index (χ0v) is 15.2. The second-order valence-electron chi connectivity index (χ2n) is 5.45. The van der Waals surface area contributed by atoms with Crippen molar-refractivity contribution in [2.24, 2.45) is 0 Å². The van der Waals surface area contributed by atoms with Gasteiger partial charge in [0.15, 0.2) is 0 Å². The second kappa shape index (κ2) is 7.68. The third-order valence-electron chi connectivity index (χ3n) is 3.69. The minimum atomic E-state index is -3.65. The van der Waals surface area contributed by atoms with Crippen LogP contribution in [0.3, 0.4) is 0 Å². The molecule has 5 nitrogen and oxygen atoms in total. The van der Waals surface area contributed by atoms with Gasteiger partial charge in [-0.05, 0) is 50.6 Å². The van der Waals surface area contributed by atoms with E-state index in [0.29, 0.717) is 18.1 Å². The van der Waals surface area contributed by atoms with E-state index in [-0.39, 0.29) is 4.90 Å². The monoisotopic (exact) mass is 349 g/mol. The lowest BCUT2D eigenvalue weighted by atomic mass is 10.1. The number of para-hydroxylation sites is 1. The number of methoxy groups -OCH3 is 1. The lowest BCUT2D eigenvalue weighted by molar-refractivity contribution is 0.337. The van der Waals surface area contributed by atoms with Gasteiger partial charge in [0.2, 0.25) is 10.0 Å². The van der Waals surface area contributed by atoms with Gasteiger partial charge < -0.3 is 9.47 Å². The Morgan fingerprint density at radius 3 is 2.46 bits per heavy atom. The van der Waals surface area contributed by atoms with E-state index < -0.39 is 16.1 Å². The zero-order valence-electron chi connectivity index (χ0n) is 14.4. The minimum absolute atomic E-state index is 0.213. The van der Waals surface area contributed by atoms with E-state index in [0.717, 1.165) is 11.1 Å². The highest BCUT2D eigenvalue weighted by atomic mass is 32.2. The van der Waals surface area contributed by atoms with Gasteiger partial charge in [-0.25, -0.2) is 13.1 Å². The molecule has 0 amide bonds. The lowest BCUT2D eigenvalue weighted by Crippen LogP contribution is -2.27. The summed E-state index contributed by atoms with van der Waals surface area (Å²) in [6, 6.07) is 11.8. The molecule has 2 aromatic carbocycles. The van der Waals surface area contributed by atoms with E-state index in [9.17, 15) is 8.42 Å². The summed E-state index contributed by atoms with van der Waals surface area (Å²) < 4.78 is 38.7. The van der Waals surface area contributed by atoms with Crippen LogP contribution in [0, 0.1) is 6.92 Å². The van der Waals surface area contributed by atoms with Crippen molar-refractivity contribution in [1.82, 2.24) is 4.72 Å². The fourth-order valence-electron chi connectivity index (χ4n) is 2.49. The highest BCUT2D eigenvalue weighted by Crippen LogP contribution is 2.27. The molecule has 6 heteroatoms. The summed E-state index contributed by atoms with van der Waals surface area (Å²) >= 11 is 0. The molecular weight excluding hydrogens is 326 g/mol. The molecule has 2 aromatic rings. The molecule has 1 atom stereocenters. The van der Waals surface area contributed by atoms with Crippen LogP contribution in [0.1, 0.15) is 31.0 Å². The predicted octanol–water partition coefficient (Wildman–Crippen LogP) is 3.44. The van der Waals surface area contributed by atoms with E-state index in [1.807, 2.05) is 32.0 Å². The first-order chi connectivity index (χ1) is 11.4. The molecule has 0 aliphatic rings. The van der Waals surface area contributed by atoms with Crippen LogP contribution in [0.15, 0.2) is 47.4 Å². The average molecular weight is 349 g/mol. The Morgan fingerprint density at radius 2 is 1.83 bits per heavy atom. The Labute approximate surface area is 143 Å². The van der Waals surface area contributed by atoms with Gasteiger partial charge in [-0.3, -0.25) is 0 Å². The summed E-state index contributed by atoms with van der Waals surface area (Å²) in [7, 11) is -2.08. The van der Waals surface area contributed by atoms with Gasteiger partial charge >= 0.3 is 0 Å². The Hall–Kier alpha value is -2.05. The van der Waals surface area contributed by atoms with Gasteiger partial charge in [-0.2, -0.15) is 0 Å². The molecule has 0 radical (unpaired) electrons. The van der Waals surface area contributed by atoms with E-state index in [2.05, 4.69) is 4.72 Å². The van der Waals surface area contributed by atoms with Crippen LogP contribution >= 0.6 is 0 Å². The van der Waals surface area contributed by atoms with Crippen LogP contribution in [0.5, 0.6) is 11.5 Å². The van der Waals surface area contributed by atoms with Crippen molar-refractivity contribution in [3.05, 3.63) is 53.6 Å². The van der Waals surface area contributed by atoms with Gasteiger partial charge in [0.25, 0.3) is 0 Å². The Bertz CT molecular complexity index is 802. The van der Waals surface area contributed by atoms with Gasteiger partial charge in [-0.15, -0.1) is 0 Å². The molecule has 0 spiro atoms. The highest BCUT2D eigenvalue weighted by Gasteiger charge is 2.21. The van der Waals surface area contributed by atoms with E-state index in [1.165, 1.54) is 0 Å². The fraction of sp³-hybridized carbons (Fsp3) is 0.333. The predicted molar refractivity (Wildman–Crippen MR) is 94.1 cm³/mol. The molecular formula is C18H23NO4S. The molecule has 0 fully saturated rings. The largest absolute Gasteiger partial charge is 0.496 e. The third kappa shape index (κ3) is 4.07. The summed E-state index contributed by atoms with van der Waals surface area (Å²) in [5, 5.41) is 0. The van der Waals surface area contributed by atoms with Crippen LogP contribution in [0.25, 0.3) is 0 Å². The van der Waals surface area contributed by atoms with Gasteiger partial charge in [-0.1, -0.05) is 18.2 Å². The summed E-state index contributed by atoms with van der Waals surface area (Å²) in [4.78, 5) is 0.213. The number of aryl methyl sites for hydroxylation is 1. The number of sulfonamides is 1. The Kier molecular flexibility index (Phi) is 5.85. The third-order valence-corrected chi connectivity index (χ3v) is 5.23. The SMILES string of the molecule is CCOc1ccc(S(=O)(=O)N[C@H](C)c2ccccc2OC)cc1C. The molecule has 0 aliphatic carbocycles. The summed E-state index contributed by atoms with van der Waals surface area (Å²) in [5.74, 6) is 1.34.